The third kappa shape index (κ3) is 1.40. The molecule has 1 heterocycles. The minimum Gasteiger partial charge on any atom is -0.298 e. The van der Waals surface area contributed by atoms with Gasteiger partial charge in [-0.15, -0.1) is 0 Å². The van der Waals surface area contributed by atoms with E-state index in [1.807, 2.05) is 0 Å². The van der Waals surface area contributed by atoms with Crippen LogP contribution in [0.4, 0.5) is 0 Å². The lowest BCUT2D eigenvalue weighted by atomic mass is 10.0. The van der Waals surface area contributed by atoms with Gasteiger partial charge in [-0.1, -0.05) is 24.3 Å². The minimum absolute atomic E-state index is 0.00389. The number of aromatic nitrogens is 1. The molecule has 0 bridgehead atoms. The lowest BCUT2D eigenvalue weighted by Gasteiger charge is -2.05. The summed E-state index contributed by atoms with van der Waals surface area (Å²) in [5.74, 6) is 0. The van der Waals surface area contributed by atoms with Crippen LogP contribution < -0.4 is 0 Å². The molecule has 0 saturated heterocycles. The van der Waals surface area contributed by atoms with Gasteiger partial charge in [-0.2, -0.15) is 0 Å². The predicted molar refractivity (Wildman–Crippen MR) is 57.9 cm³/mol. The number of nitrogens with zero attached hydrogens (tertiary/aromatic N) is 1. The summed E-state index contributed by atoms with van der Waals surface area (Å²) in [4.78, 5) is 36.3. The van der Waals surface area contributed by atoms with E-state index in [4.69, 9.17) is 0 Å². The fourth-order valence-electron chi connectivity index (χ4n) is 1.63. The SMILES string of the molecule is O=Cc1nc(C=O)c2ccccc2c1C=O. The zero-order chi connectivity index (χ0) is 11.5. The van der Waals surface area contributed by atoms with Crippen molar-refractivity contribution in [2.75, 3.05) is 0 Å². The first-order valence-electron chi connectivity index (χ1n) is 4.60. The monoisotopic (exact) mass is 213 g/mol. The number of aldehydes is 3. The molecule has 0 aliphatic carbocycles. The first-order chi connectivity index (χ1) is 7.81. The number of hydrogen-bond acceptors (Lipinski definition) is 4. The van der Waals surface area contributed by atoms with Crippen LogP contribution in [-0.4, -0.2) is 23.8 Å². The van der Waals surface area contributed by atoms with E-state index in [9.17, 15) is 14.4 Å². The molecule has 0 atom stereocenters. The highest BCUT2D eigenvalue weighted by Gasteiger charge is 2.11. The van der Waals surface area contributed by atoms with Crippen LogP contribution in [0.1, 0.15) is 31.3 Å². The third-order valence-electron chi connectivity index (χ3n) is 2.35. The molecule has 16 heavy (non-hydrogen) atoms. The lowest BCUT2D eigenvalue weighted by molar-refractivity contribution is 0.109. The maximum Gasteiger partial charge on any atom is 0.169 e. The topological polar surface area (TPSA) is 64.1 Å². The number of carbonyl (C=O) groups is 3. The molecule has 2 aromatic rings. The first-order valence-corrected chi connectivity index (χ1v) is 4.60. The van der Waals surface area contributed by atoms with Gasteiger partial charge in [0.05, 0.1) is 5.56 Å². The van der Waals surface area contributed by atoms with Gasteiger partial charge in [-0.25, -0.2) is 4.98 Å². The number of rotatable bonds is 3. The van der Waals surface area contributed by atoms with E-state index >= 15 is 0 Å². The fraction of sp³-hybridized carbons (Fsp3) is 0. The molecule has 0 radical (unpaired) electrons. The summed E-state index contributed by atoms with van der Waals surface area (Å²) in [5.41, 5.74) is 0.385. The van der Waals surface area contributed by atoms with Crippen LogP contribution in [-0.2, 0) is 0 Å². The van der Waals surface area contributed by atoms with Gasteiger partial charge in [-0.3, -0.25) is 14.4 Å². The molecular weight excluding hydrogens is 206 g/mol. The maximum absolute atomic E-state index is 10.9. The third-order valence-corrected chi connectivity index (χ3v) is 2.35. The Labute approximate surface area is 90.9 Å². The van der Waals surface area contributed by atoms with Crippen LogP contribution in [0, 0.1) is 0 Å². The highest BCUT2D eigenvalue weighted by molar-refractivity contribution is 6.08. The van der Waals surface area contributed by atoms with Gasteiger partial charge in [0.2, 0.25) is 0 Å². The molecule has 0 fully saturated rings. The number of pyridine rings is 1. The molecule has 0 amide bonds. The van der Waals surface area contributed by atoms with Crippen molar-refractivity contribution in [2.45, 2.75) is 0 Å². The van der Waals surface area contributed by atoms with Gasteiger partial charge >= 0.3 is 0 Å². The Morgan fingerprint density at radius 3 is 2.00 bits per heavy atom. The fourth-order valence-corrected chi connectivity index (χ4v) is 1.63. The van der Waals surface area contributed by atoms with Crippen LogP contribution in [0.3, 0.4) is 0 Å². The van der Waals surface area contributed by atoms with E-state index in [1.54, 1.807) is 24.3 Å². The van der Waals surface area contributed by atoms with Crippen molar-refractivity contribution in [3.63, 3.8) is 0 Å². The van der Waals surface area contributed by atoms with Gasteiger partial charge < -0.3 is 0 Å². The van der Waals surface area contributed by atoms with Crippen molar-refractivity contribution in [3.8, 4) is 0 Å². The highest BCUT2D eigenvalue weighted by atomic mass is 16.1. The average molecular weight is 213 g/mol. The van der Waals surface area contributed by atoms with Crippen LogP contribution >= 0.6 is 0 Å². The normalized spacial score (nSPS) is 10.0. The Morgan fingerprint density at radius 1 is 0.812 bits per heavy atom. The van der Waals surface area contributed by atoms with Crippen molar-refractivity contribution in [1.29, 1.82) is 0 Å². The standard InChI is InChI=1S/C12H7NO3/c14-5-10-8-3-1-2-4-9(8)11(6-15)13-12(10)7-16/h1-7H. The zero-order valence-electron chi connectivity index (χ0n) is 8.21. The Hall–Kier alpha value is -2.36. The van der Waals surface area contributed by atoms with Crippen molar-refractivity contribution in [3.05, 3.63) is 41.2 Å². The van der Waals surface area contributed by atoms with Crippen LogP contribution in [0.25, 0.3) is 10.8 Å². The highest BCUT2D eigenvalue weighted by Crippen LogP contribution is 2.21. The summed E-state index contributed by atoms with van der Waals surface area (Å²) >= 11 is 0. The molecule has 4 heteroatoms. The molecular formula is C12H7NO3. The van der Waals surface area contributed by atoms with E-state index < -0.39 is 0 Å². The van der Waals surface area contributed by atoms with Crippen molar-refractivity contribution in [1.82, 2.24) is 4.98 Å². The van der Waals surface area contributed by atoms with E-state index in [0.29, 0.717) is 29.6 Å². The molecule has 1 aromatic carbocycles. The van der Waals surface area contributed by atoms with E-state index in [1.165, 1.54) is 0 Å². The van der Waals surface area contributed by atoms with Crippen molar-refractivity contribution >= 4 is 29.6 Å². The summed E-state index contributed by atoms with van der Waals surface area (Å²) in [6, 6.07) is 6.85. The molecule has 0 saturated carbocycles. The molecule has 1 aromatic heterocycles. The van der Waals surface area contributed by atoms with E-state index in [-0.39, 0.29) is 17.0 Å². The Balaban J connectivity index is 2.99. The lowest BCUT2D eigenvalue weighted by Crippen LogP contribution is -2.01. The van der Waals surface area contributed by atoms with Gasteiger partial charge in [0.1, 0.15) is 11.4 Å². The minimum atomic E-state index is -0.00389. The number of benzene rings is 1. The van der Waals surface area contributed by atoms with Crippen molar-refractivity contribution < 1.29 is 14.4 Å². The second kappa shape index (κ2) is 4.02. The quantitative estimate of drug-likeness (QED) is 0.727. The number of fused-ring (bicyclic) bond motifs is 1. The van der Waals surface area contributed by atoms with Gasteiger partial charge in [0, 0.05) is 5.39 Å². The molecule has 0 aliphatic heterocycles. The van der Waals surface area contributed by atoms with Gasteiger partial charge in [0.15, 0.2) is 18.9 Å². The number of carbonyl (C=O) groups excluding carboxylic acids is 3. The second-order valence-electron chi connectivity index (χ2n) is 3.20. The van der Waals surface area contributed by atoms with Crippen molar-refractivity contribution in [2.24, 2.45) is 0 Å². The smallest absolute Gasteiger partial charge is 0.169 e. The van der Waals surface area contributed by atoms with Crippen LogP contribution in [0.15, 0.2) is 24.3 Å². The van der Waals surface area contributed by atoms with E-state index in [2.05, 4.69) is 4.98 Å². The molecule has 0 unspecified atom stereocenters. The number of hydrogen-bond donors (Lipinski definition) is 0. The average Bonchev–Trinajstić information content (AvgIpc) is 2.36. The summed E-state index contributed by atoms with van der Waals surface area (Å²) in [5, 5.41) is 1.14. The van der Waals surface area contributed by atoms with E-state index in [0.717, 1.165) is 0 Å². The summed E-state index contributed by atoms with van der Waals surface area (Å²) < 4.78 is 0. The Morgan fingerprint density at radius 2 is 1.44 bits per heavy atom. The molecule has 4 nitrogen and oxygen atoms in total. The molecule has 0 N–H and O–H groups in total. The predicted octanol–water partition coefficient (Wildman–Crippen LogP) is 1.67. The molecule has 78 valence electrons. The summed E-state index contributed by atoms with van der Waals surface area (Å²) in [6.45, 7) is 0. The Bertz CT molecular complexity index is 590. The van der Waals surface area contributed by atoms with Gasteiger partial charge in [0.25, 0.3) is 0 Å². The van der Waals surface area contributed by atoms with Crippen LogP contribution in [0.2, 0.25) is 0 Å². The van der Waals surface area contributed by atoms with Gasteiger partial charge in [-0.05, 0) is 5.39 Å². The maximum atomic E-state index is 10.9. The molecule has 0 aliphatic rings. The summed E-state index contributed by atoms with van der Waals surface area (Å²) in [7, 11) is 0. The summed E-state index contributed by atoms with van der Waals surface area (Å²) in [6.07, 6.45) is 1.63. The largest absolute Gasteiger partial charge is 0.298 e. The van der Waals surface area contributed by atoms with Crippen LogP contribution in [0.5, 0.6) is 0 Å². The second-order valence-corrected chi connectivity index (χ2v) is 3.20. The molecule has 2 rings (SSSR count). The molecule has 0 spiro atoms. The zero-order valence-corrected chi connectivity index (χ0v) is 8.21. The Kier molecular flexibility index (Phi) is 2.55. The first kappa shape index (κ1) is 10.2.